The van der Waals surface area contributed by atoms with E-state index in [1.54, 1.807) is 0 Å². The molecule has 1 aromatic heterocycles. The normalized spacial score (nSPS) is 23.4. The number of pyridine rings is 1. The number of aromatic nitrogens is 1. The van der Waals surface area contributed by atoms with Crippen molar-refractivity contribution in [2.24, 2.45) is 5.92 Å². The Balaban J connectivity index is 1.65. The van der Waals surface area contributed by atoms with Gasteiger partial charge in [-0.15, -0.1) is 0 Å². The van der Waals surface area contributed by atoms with Crippen LogP contribution < -0.4 is 10.1 Å². The van der Waals surface area contributed by atoms with Crippen LogP contribution in [0, 0.1) is 5.92 Å². The number of hydrogen-bond acceptors (Lipinski definition) is 3. The van der Waals surface area contributed by atoms with Gasteiger partial charge in [0.25, 0.3) is 0 Å². The predicted octanol–water partition coefficient (Wildman–Crippen LogP) is 4.17. The molecule has 2 aromatic rings. The number of para-hydroxylation sites is 1. The third kappa shape index (κ3) is 3.25. The minimum absolute atomic E-state index is 0.344. The molecular formula is C19H26N2O. The first-order chi connectivity index (χ1) is 10.8. The lowest BCUT2D eigenvalue weighted by Gasteiger charge is -2.33. The molecule has 0 spiro atoms. The van der Waals surface area contributed by atoms with E-state index in [4.69, 9.17) is 4.74 Å². The van der Waals surface area contributed by atoms with Crippen molar-refractivity contribution in [2.75, 3.05) is 7.05 Å². The fourth-order valence-corrected chi connectivity index (χ4v) is 3.73. The molecule has 1 heterocycles. The van der Waals surface area contributed by atoms with E-state index in [-0.39, 0.29) is 0 Å². The van der Waals surface area contributed by atoms with Gasteiger partial charge in [0.2, 0.25) is 0 Å². The summed E-state index contributed by atoms with van der Waals surface area (Å²) in [6.45, 7) is 2.27. The van der Waals surface area contributed by atoms with E-state index in [2.05, 4.69) is 30.3 Å². The van der Waals surface area contributed by atoms with Gasteiger partial charge >= 0.3 is 0 Å². The summed E-state index contributed by atoms with van der Waals surface area (Å²) in [5.74, 6) is 1.78. The maximum Gasteiger partial charge on any atom is 0.130 e. The van der Waals surface area contributed by atoms with E-state index in [0.29, 0.717) is 12.1 Å². The van der Waals surface area contributed by atoms with Gasteiger partial charge in [-0.1, -0.05) is 19.1 Å². The van der Waals surface area contributed by atoms with E-state index in [1.165, 1.54) is 19.3 Å². The Morgan fingerprint density at radius 2 is 1.95 bits per heavy atom. The predicted molar refractivity (Wildman–Crippen MR) is 91.3 cm³/mol. The SMILES string of the molecule is CCC(NC)C1CCC(Oc2ccnc3ccccc23)CC1. The van der Waals surface area contributed by atoms with E-state index in [1.807, 2.05) is 30.5 Å². The van der Waals surface area contributed by atoms with E-state index >= 15 is 0 Å². The summed E-state index contributed by atoms with van der Waals surface area (Å²) in [7, 11) is 2.08. The highest BCUT2D eigenvalue weighted by Gasteiger charge is 2.27. The summed E-state index contributed by atoms with van der Waals surface area (Å²) in [5.41, 5.74) is 1.01. The number of fused-ring (bicyclic) bond motifs is 1. The maximum atomic E-state index is 6.30. The first-order valence-corrected chi connectivity index (χ1v) is 8.49. The molecule has 3 nitrogen and oxygen atoms in total. The van der Waals surface area contributed by atoms with Crippen LogP contribution in [0.15, 0.2) is 36.5 Å². The van der Waals surface area contributed by atoms with Crippen molar-refractivity contribution in [3.05, 3.63) is 36.5 Å². The lowest BCUT2D eigenvalue weighted by Crippen LogP contribution is -2.37. The standard InChI is InChI=1S/C19H26N2O/c1-3-17(20-2)14-8-10-15(11-9-14)22-19-12-13-21-18-7-5-4-6-16(18)19/h4-7,12-15,17,20H,3,8-11H2,1-2H3. The van der Waals surface area contributed by atoms with Crippen molar-refractivity contribution in [1.82, 2.24) is 10.3 Å². The van der Waals surface area contributed by atoms with Crippen LogP contribution in [0.3, 0.4) is 0 Å². The van der Waals surface area contributed by atoms with Crippen LogP contribution in [0.5, 0.6) is 5.75 Å². The summed E-state index contributed by atoms with van der Waals surface area (Å²) in [6.07, 6.45) is 8.22. The molecule has 0 bridgehead atoms. The minimum Gasteiger partial charge on any atom is -0.490 e. The van der Waals surface area contributed by atoms with Crippen LogP contribution in [0.4, 0.5) is 0 Å². The van der Waals surface area contributed by atoms with Gasteiger partial charge in [0.1, 0.15) is 5.75 Å². The maximum absolute atomic E-state index is 6.30. The highest BCUT2D eigenvalue weighted by atomic mass is 16.5. The average Bonchev–Trinajstić information content (AvgIpc) is 2.58. The molecule has 1 aliphatic rings. The zero-order valence-electron chi connectivity index (χ0n) is 13.6. The Morgan fingerprint density at radius 1 is 1.18 bits per heavy atom. The Bertz CT molecular complexity index is 596. The van der Waals surface area contributed by atoms with Crippen LogP contribution in [-0.2, 0) is 0 Å². The first kappa shape index (κ1) is 15.3. The molecular weight excluding hydrogens is 272 g/mol. The van der Waals surface area contributed by atoms with Crippen LogP contribution in [0.1, 0.15) is 39.0 Å². The van der Waals surface area contributed by atoms with Gasteiger partial charge in [0.05, 0.1) is 11.6 Å². The molecule has 0 radical (unpaired) electrons. The molecule has 1 aromatic carbocycles. The summed E-state index contributed by atoms with van der Waals surface area (Å²) >= 11 is 0. The van der Waals surface area contributed by atoms with Crippen molar-refractivity contribution >= 4 is 10.9 Å². The summed E-state index contributed by atoms with van der Waals surface area (Å²) in [6, 6.07) is 10.9. The second-order valence-corrected chi connectivity index (χ2v) is 6.28. The number of hydrogen-bond donors (Lipinski definition) is 1. The molecule has 1 fully saturated rings. The van der Waals surface area contributed by atoms with E-state index in [0.717, 1.165) is 35.4 Å². The fourth-order valence-electron chi connectivity index (χ4n) is 3.73. The second-order valence-electron chi connectivity index (χ2n) is 6.28. The second kappa shape index (κ2) is 7.10. The Kier molecular flexibility index (Phi) is 4.94. The Morgan fingerprint density at radius 3 is 2.68 bits per heavy atom. The Labute approximate surface area is 133 Å². The van der Waals surface area contributed by atoms with Gasteiger partial charge in [-0.3, -0.25) is 4.98 Å². The third-order valence-electron chi connectivity index (χ3n) is 5.00. The van der Waals surface area contributed by atoms with Crippen molar-refractivity contribution in [2.45, 2.75) is 51.2 Å². The highest BCUT2D eigenvalue weighted by molar-refractivity contribution is 5.84. The number of nitrogens with zero attached hydrogens (tertiary/aromatic N) is 1. The largest absolute Gasteiger partial charge is 0.490 e. The van der Waals surface area contributed by atoms with Crippen molar-refractivity contribution < 1.29 is 4.74 Å². The van der Waals surface area contributed by atoms with Crippen molar-refractivity contribution in [3.63, 3.8) is 0 Å². The van der Waals surface area contributed by atoms with Gasteiger partial charge in [0, 0.05) is 17.6 Å². The fraction of sp³-hybridized carbons (Fsp3) is 0.526. The molecule has 0 amide bonds. The van der Waals surface area contributed by atoms with Gasteiger partial charge < -0.3 is 10.1 Å². The lowest BCUT2D eigenvalue weighted by atomic mass is 9.81. The number of benzene rings is 1. The smallest absolute Gasteiger partial charge is 0.130 e. The number of nitrogens with one attached hydrogen (secondary N) is 1. The molecule has 1 atom stereocenters. The molecule has 0 saturated heterocycles. The molecule has 118 valence electrons. The van der Waals surface area contributed by atoms with Gasteiger partial charge in [0.15, 0.2) is 0 Å². The summed E-state index contributed by atoms with van der Waals surface area (Å²) in [5, 5.41) is 4.58. The number of ether oxygens (including phenoxy) is 1. The zero-order valence-corrected chi connectivity index (χ0v) is 13.6. The minimum atomic E-state index is 0.344. The van der Waals surface area contributed by atoms with Crippen LogP contribution >= 0.6 is 0 Å². The molecule has 22 heavy (non-hydrogen) atoms. The van der Waals surface area contributed by atoms with Crippen LogP contribution in [0.25, 0.3) is 10.9 Å². The lowest BCUT2D eigenvalue weighted by molar-refractivity contribution is 0.119. The molecule has 3 rings (SSSR count). The zero-order chi connectivity index (χ0) is 15.4. The Hall–Kier alpha value is -1.61. The van der Waals surface area contributed by atoms with Gasteiger partial charge in [-0.05, 0) is 63.3 Å². The van der Waals surface area contributed by atoms with Crippen molar-refractivity contribution in [3.8, 4) is 5.75 Å². The molecule has 1 N–H and O–H groups in total. The van der Waals surface area contributed by atoms with Crippen LogP contribution in [-0.4, -0.2) is 24.2 Å². The molecule has 1 aliphatic carbocycles. The summed E-state index contributed by atoms with van der Waals surface area (Å²) in [4.78, 5) is 4.40. The summed E-state index contributed by atoms with van der Waals surface area (Å²) < 4.78 is 6.30. The molecule has 3 heteroatoms. The number of rotatable bonds is 5. The topological polar surface area (TPSA) is 34.1 Å². The van der Waals surface area contributed by atoms with Gasteiger partial charge in [-0.25, -0.2) is 0 Å². The average molecular weight is 298 g/mol. The third-order valence-corrected chi connectivity index (χ3v) is 5.00. The highest BCUT2D eigenvalue weighted by Crippen LogP contribution is 2.32. The quantitative estimate of drug-likeness (QED) is 0.899. The molecule has 1 saturated carbocycles. The monoisotopic (exact) mass is 298 g/mol. The van der Waals surface area contributed by atoms with E-state index < -0.39 is 0 Å². The molecule has 1 unspecified atom stereocenters. The van der Waals surface area contributed by atoms with E-state index in [9.17, 15) is 0 Å². The van der Waals surface area contributed by atoms with Crippen molar-refractivity contribution in [1.29, 1.82) is 0 Å². The van der Waals surface area contributed by atoms with Crippen LogP contribution in [0.2, 0.25) is 0 Å². The van der Waals surface area contributed by atoms with Gasteiger partial charge in [-0.2, -0.15) is 0 Å². The first-order valence-electron chi connectivity index (χ1n) is 8.49. The molecule has 0 aliphatic heterocycles.